The van der Waals surface area contributed by atoms with Crippen molar-refractivity contribution in [2.75, 3.05) is 6.61 Å². The van der Waals surface area contributed by atoms with Crippen LogP contribution in [0.5, 0.6) is 5.75 Å². The Morgan fingerprint density at radius 3 is 3.14 bits per heavy atom. The van der Waals surface area contributed by atoms with Gasteiger partial charge >= 0.3 is 0 Å². The Labute approximate surface area is 130 Å². The van der Waals surface area contributed by atoms with E-state index in [1.807, 2.05) is 25.1 Å². The van der Waals surface area contributed by atoms with Crippen molar-refractivity contribution >= 4 is 11.8 Å². The number of rotatable bonds is 3. The lowest BCUT2D eigenvalue weighted by molar-refractivity contribution is -0.125. The third-order valence-electron chi connectivity index (χ3n) is 4.31. The SMILES string of the molecule is Cc1cccc2c1OCC(NC(=O)CC1CCCC(=O)N1)C2. The summed E-state index contributed by atoms with van der Waals surface area (Å²) in [6.07, 6.45) is 3.46. The fourth-order valence-corrected chi connectivity index (χ4v) is 3.23. The largest absolute Gasteiger partial charge is 0.491 e. The lowest BCUT2D eigenvalue weighted by atomic mass is 9.98. The van der Waals surface area contributed by atoms with Crippen molar-refractivity contribution in [2.24, 2.45) is 0 Å². The van der Waals surface area contributed by atoms with Crippen LogP contribution in [-0.2, 0) is 16.0 Å². The first-order valence-electron chi connectivity index (χ1n) is 7.92. The number of amides is 2. The summed E-state index contributed by atoms with van der Waals surface area (Å²) >= 11 is 0. The van der Waals surface area contributed by atoms with Gasteiger partial charge in [0, 0.05) is 18.9 Å². The van der Waals surface area contributed by atoms with Crippen LogP contribution in [0.1, 0.15) is 36.8 Å². The van der Waals surface area contributed by atoms with E-state index in [-0.39, 0.29) is 23.9 Å². The zero-order chi connectivity index (χ0) is 15.5. The molecule has 0 bridgehead atoms. The number of carbonyl (C=O) groups excluding carboxylic acids is 2. The average Bonchev–Trinajstić information content (AvgIpc) is 2.47. The molecule has 1 aromatic carbocycles. The van der Waals surface area contributed by atoms with E-state index in [4.69, 9.17) is 4.74 Å². The molecule has 2 heterocycles. The maximum atomic E-state index is 12.1. The maximum absolute atomic E-state index is 12.1. The number of nitrogens with one attached hydrogen (secondary N) is 2. The quantitative estimate of drug-likeness (QED) is 0.888. The van der Waals surface area contributed by atoms with Gasteiger partial charge in [0.25, 0.3) is 0 Å². The molecular formula is C17H22N2O3. The van der Waals surface area contributed by atoms with Gasteiger partial charge in [0.2, 0.25) is 11.8 Å². The van der Waals surface area contributed by atoms with Crippen molar-refractivity contribution in [1.82, 2.24) is 10.6 Å². The Kier molecular flexibility index (Phi) is 4.32. The summed E-state index contributed by atoms with van der Waals surface area (Å²) in [5.41, 5.74) is 2.27. The summed E-state index contributed by atoms with van der Waals surface area (Å²) < 4.78 is 5.79. The molecule has 118 valence electrons. The number of fused-ring (bicyclic) bond motifs is 1. The van der Waals surface area contributed by atoms with Gasteiger partial charge in [-0.05, 0) is 37.3 Å². The molecule has 1 fully saturated rings. The number of ether oxygens (including phenoxy) is 1. The van der Waals surface area contributed by atoms with Crippen LogP contribution >= 0.6 is 0 Å². The van der Waals surface area contributed by atoms with Crippen LogP contribution < -0.4 is 15.4 Å². The zero-order valence-corrected chi connectivity index (χ0v) is 12.9. The molecule has 2 atom stereocenters. The highest BCUT2D eigenvalue weighted by Gasteiger charge is 2.25. The van der Waals surface area contributed by atoms with Crippen molar-refractivity contribution < 1.29 is 14.3 Å². The van der Waals surface area contributed by atoms with E-state index in [2.05, 4.69) is 10.6 Å². The molecule has 2 N–H and O–H groups in total. The molecule has 0 aromatic heterocycles. The topological polar surface area (TPSA) is 67.4 Å². The van der Waals surface area contributed by atoms with Crippen LogP contribution in [-0.4, -0.2) is 30.5 Å². The predicted octanol–water partition coefficient (Wildman–Crippen LogP) is 1.47. The minimum absolute atomic E-state index is 0.00101. The highest BCUT2D eigenvalue weighted by molar-refractivity contribution is 5.80. The van der Waals surface area contributed by atoms with E-state index < -0.39 is 0 Å². The minimum atomic E-state index is -0.0275. The Hall–Kier alpha value is -2.04. The Balaban J connectivity index is 1.53. The van der Waals surface area contributed by atoms with Crippen molar-refractivity contribution in [3.63, 3.8) is 0 Å². The van der Waals surface area contributed by atoms with Gasteiger partial charge < -0.3 is 15.4 Å². The molecule has 0 aliphatic carbocycles. The van der Waals surface area contributed by atoms with Crippen LogP contribution in [0.3, 0.4) is 0 Å². The minimum Gasteiger partial charge on any atom is -0.491 e. The lowest BCUT2D eigenvalue weighted by Crippen LogP contribution is -2.46. The van der Waals surface area contributed by atoms with Gasteiger partial charge in [0.05, 0.1) is 6.04 Å². The number of piperidine rings is 1. The van der Waals surface area contributed by atoms with Gasteiger partial charge in [-0.25, -0.2) is 0 Å². The third-order valence-corrected chi connectivity index (χ3v) is 4.31. The first-order chi connectivity index (χ1) is 10.6. The van der Waals surface area contributed by atoms with Crippen molar-refractivity contribution in [1.29, 1.82) is 0 Å². The van der Waals surface area contributed by atoms with E-state index >= 15 is 0 Å². The molecule has 5 heteroatoms. The highest BCUT2D eigenvalue weighted by atomic mass is 16.5. The molecule has 2 aliphatic heterocycles. The summed E-state index contributed by atoms with van der Waals surface area (Å²) in [6.45, 7) is 2.53. The molecule has 0 radical (unpaired) electrons. The smallest absolute Gasteiger partial charge is 0.222 e. The molecule has 2 unspecified atom stereocenters. The second kappa shape index (κ2) is 6.38. The standard InChI is InChI=1S/C17H22N2O3/c1-11-4-2-5-12-8-14(10-22-17(11)12)19-16(21)9-13-6-3-7-15(20)18-13/h2,4-5,13-14H,3,6-10H2,1H3,(H,18,20)(H,19,21). The molecule has 22 heavy (non-hydrogen) atoms. The van der Waals surface area contributed by atoms with Crippen molar-refractivity contribution in [2.45, 2.75) is 51.1 Å². The summed E-state index contributed by atoms with van der Waals surface area (Å²) in [5.74, 6) is 0.985. The highest BCUT2D eigenvalue weighted by Crippen LogP contribution is 2.28. The first kappa shape index (κ1) is 14.9. The maximum Gasteiger partial charge on any atom is 0.222 e. The van der Waals surface area contributed by atoms with E-state index in [0.717, 1.165) is 36.1 Å². The van der Waals surface area contributed by atoms with E-state index in [1.165, 1.54) is 0 Å². The average molecular weight is 302 g/mol. The number of para-hydroxylation sites is 1. The zero-order valence-electron chi connectivity index (χ0n) is 12.9. The number of hydrogen-bond donors (Lipinski definition) is 2. The van der Waals surface area contributed by atoms with Crippen LogP contribution in [0, 0.1) is 6.92 Å². The van der Waals surface area contributed by atoms with Crippen LogP contribution in [0.15, 0.2) is 18.2 Å². The molecular weight excluding hydrogens is 280 g/mol. The van der Waals surface area contributed by atoms with E-state index in [9.17, 15) is 9.59 Å². The number of aryl methyl sites for hydroxylation is 1. The number of benzene rings is 1. The Morgan fingerprint density at radius 2 is 2.32 bits per heavy atom. The first-order valence-corrected chi connectivity index (χ1v) is 7.92. The normalized spacial score (nSPS) is 24.0. The van der Waals surface area contributed by atoms with E-state index in [1.54, 1.807) is 0 Å². The van der Waals surface area contributed by atoms with Crippen LogP contribution in [0.2, 0.25) is 0 Å². The van der Waals surface area contributed by atoms with Crippen molar-refractivity contribution in [3.05, 3.63) is 29.3 Å². The molecule has 2 amide bonds. The van der Waals surface area contributed by atoms with E-state index in [0.29, 0.717) is 19.4 Å². The van der Waals surface area contributed by atoms with Crippen LogP contribution in [0.25, 0.3) is 0 Å². The van der Waals surface area contributed by atoms with Gasteiger partial charge in [-0.2, -0.15) is 0 Å². The summed E-state index contributed by atoms with van der Waals surface area (Å²) in [5, 5.41) is 5.90. The Bertz CT molecular complexity index is 585. The molecule has 5 nitrogen and oxygen atoms in total. The van der Waals surface area contributed by atoms with Gasteiger partial charge in [-0.15, -0.1) is 0 Å². The van der Waals surface area contributed by atoms with Gasteiger partial charge in [0.15, 0.2) is 0 Å². The van der Waals surface area contributed by atoms with Gasteiger partial charge in [0.1, 0.15) is 12.4 Å². The second-order valence-electron chi connectivity index (χ2n) is 6.20. The Morgan fingerprint density at radius 1 is 1.45 bits per heavy atom. The molecule has 0 spiro atoms. The summed E-state index contributed by atoms with van der Waals surface area (Å²) in [4.78, 5) is 23.5. The van der Waals surface area contributed by atoms with Gasteiger partial charge in [-0.3, -0.25) is 9.59 Å². The molecule has 0 saturated carbocycles. The second-order valence-corrected chi connectivity index (χ2v) is 6.20. The van der Waals surface area contributed by atoms with Crippen molar-refractivity contribution in [3.8, 4) is 5.75 Å². The molecule has 1 saturated heterocycles. The summed E-state index contributed by atoms with van der Waals surface area (Å²) in [7, 11) is 0. The fourth-order valence-electron chi connectivity index (χ4n) is 3.23. The predicted molar refractivity (Wildman–Crippen MR) is 82.7 cm³/mol. The third kappa shape index (κ3) is 3.40. The fraction of sp³-hybridized carbons (Fsp3) is 0.529. The number of hydrogen-bond acceptors (Lipinski definition) is 3. The van der Waals surface area contributed by atoms with Gasteiger partial charge in [-0.1, -0.05) is 18.2 Å². The number of carbonyl (C=O) groups is 2. The lowest BCUT2D eigenvalue weighted by Gasteiger charge is -2.28. The monoisotopic (exact) mass is 302 g/mol. The summed E-state index contributed by atoms with van der Waals surface area (Å²) in [6, 6.07) is 6.06. The van der Waals surface area contributed by atoms with Crippen LogP contribution in [0.4, 0.5) is 0 Å². The molecule has 2 aliphatic rings. The molecule has 1 aromatic rings. The molecule has 3 rings (SSSR count).